The van der Waals surface area contributed by atoms with E-state index >= 15 is 0 Å². The van der Waals surface area contributed by atoms with Gasteiger partial charge in [0.25, 0.3) is 0 Å². The van der Waals surface area contributed by atoms with Crippen molar-refractivity contribution in [3.8, 4) is 5.69 Å². The zero-order valence-corrected chi connectivity index (χ0v) is 12.4. The van der Waals surface area contributed by atoms with Crippen LogP contribution < -0.4 is 0 Å². The van der Waals surface area contributed by atoms with Crippen LogP contribution in [0.15, 0.2) is 40.9 Å². The van der Waals surface area contributed by atoms with E-state index in [1.54, 1.807) is 12.1 Å². The lowest BCUT2D eigenvalue weighted by molar-refractivity contribution is 0.592. The summed E-state index contributed by atoms with van der Waals surface area (Å²) in [6.07, 6.45) is 0. The van der Waals surface area contributed by atoms with Crippen LogP contribution in [-0.4, -0.2) is 9.55 Å². The minimum atomic E-state index is -0.528. The largest absolute Gasteiger partial charge is 0.292 e. The standard InChI is InChI=1S/C14H8BrClF2N2/c15-8-1-4-12-11(5-8)19-14(7-16)20(12)13-6-9(17)2-3-10(13)18/h1-6H,7H2. The first-order valence-corrected chi connectivity index (χ1v) is 7.11. The molecule has 0 unspecified atom stereocenters. The quantitative estimate of drug-likeness (QED) is 0.602. The highest BCUT2D eigenvalue weighted by atomic mass is 79.9. The average Bonchev–Trinajstić information content (AvgIpc) is 2.78. The van der Waals surface area contributed by atoms with Gasteiger partial charge in [-0.2, -0.15) is 0 Å². The predicted molar refractivity (Wildman–Crippen MR) is 78.2 cm³/mol. The molecule has 1 heterocycles. The molecular weight excluding hydrogens is 350 g/mol. The maximum absolute atomic E-state index is 14.0. The molecule has 0 atom stereocenters. The maximum atomic E-state index is 14.0. The van der Waals surface area contributed by atoms with Crippen LogP contribution in [0.2, 0.25) is 0 Å². The van der Waals surface area contributed by atoms with Crippen LogP contribution >= 0.6 is 27.5 Å². The number of nitrogens with zero attached hydrogens (tertiary/aromatic N) is 2. The maximum Gasteiger partial charge on any atom is 0.147 e. The lowest BCUT2D eigenvalue weighted by atomic mass is 10.2. The van der Waals surface area contributed by atoms with Crippen LogP contribution in [0.25, 0.3) is 16.7 Å². The number of rotatable bonds is 2. The highest BCUT2D eigenvalue weighted by molar-refractivity contribution is 9.10. The van der Waals surface area contributed by atoms with Gasteiger partial charge in [-0.15, -0.1) is 11.6 Å². The normalized spacial score (nSPS) is 11.2. The Bertz CT molecular complexity index is 801. The molecule has 0 spiro atoms. The fraction of sp³-hybridized carbons (Fsp3) is 0.0714. The summed E-state index contributed by atoms with van der Waals surface area (Å²) in [4.78, 5) is 4.35. The lowest BCUT2D eigenvalue weighted by Crippen LogP contribution is -2.02. The summed E-state index contributed by atoms with van der Waals surface area (Å²) in [7, 11) is 0. The highest BCUT2D eigenvalue weighted by Gasteiger charge is 2.15. The molecule has 1 aromatic heterocycles. The first kappa shape index (κ1) is 13.5. The van der Waals surface area contributed by atoms with Crippen molar-refractivity contribution < 1.29 is 8.78 Å². The lowest BCUT2D eigenvalue weighted by Gasteiger charge is -2.09. The van der Waals surface area contributed by atoms with Crippen LogP contribution in [-0.2, 0) is 5.88 Å². The molecule has 20 heavy (non-hydrogen) atoms. The summed E-state index contributed by atoms with van der Waals surface area (Å²) in [6, 6.07) is 8.71. The molecule has 0 fully saturated rings. The van der Waals surface area contributed by atoms with Gasteiger partial charge < -0.3 is 0 Å². The fourth-order valence-electron chi connectivity index (χ4n) is 2.12. The van der Waals surface area contributed by atoms with Gasteiger partial charge in [-0.25, -0.2) is 13.8 Å². The van der Waals surface area contributed by atoms with Crippen molar-refractivity contribution in [2.75, 3.05) is 0 Å². The fourth-order valence-corrected chi connectivity index (χ4v) is 2.65. The first-order valence-electron chi connectivity index (χ1n) is 5.78. The van der Waals surface area contributed by atoms with Crippen LogP contribution in [0.4, 0.5) is 8.78 Å². The Labute approximate surface area is 127 Å². The third-order valence-electron chi connectivity index (χ3n) is 2.95. The Morgan fingerprint density at radius 3 is 2.70 bits per heavy atom. The van der Waals surface area contributed by atoms with E-state index in [1.165, 1.54) is 4.57 Å². The van der Waals surface area contributed by atoms with Gasteiger partial charge in [-0.3, -0.25) is 4.57 Å². The summed E-state index contributed by atoms with van der Waals surface area (Å²) >= 11 is 9.23. The van der Waals surface area contributed by atoms with Crippen LogP contribution in [0.1, 0.15) is 5.82 Å². The van der Waals surface area contributed by atoms with E-state index in [9.17, 15) is 8.78 Å². The van der Waals surface area contributed by atoms with Crippen molar-refractivity contribution >= 4 is 38.6 Å². The summed E-state index contributed by atoms with van der Waals surface area (Å²) in [5.74, 6) is -0.479. The molecule has 6 heteroatoms. The minimum Gasteiger partial charge on any atom is -0.292 e. The second-order valence-corrected chi connectivity index (χ2v) is 5.41. The molecule has 0 aliphatic carbocycles. The third-order valence-corrected chi connectivity index (χ3v) is 3.69. The van der Waals surface area contributed by atoms with Crippen molar-refractivity contribution in [3.63, 3.8) is 0 Å². The number of aromatic nitrogens is 2. The van der Waals surface area contributed by atoms with Crippen molar-refractivity contribution in [2.24, 2.45) is 0 Å². The van der Waals surface area contributed by atoms with Gasteiger partial charge in [-0.05, 0) is 30.3 Å². The van der Waals surface area contributed by atoms with Gasteiger partial charge in [0.2, 0.25) is 0 Å². The second-order valence-electron chi connectivity index (χ2n) is 4.23. The molecule has 2 aromatic carbocycles. The van der Waals surface area contributed by atoms with Gasteiger partial charge in [0, 0.05) is 10.5 Å². The number of hydrogen-bond acceptors (Lipinski definition) is 1. The summed E-state index contributed by atoms with van der Waals surface area (Å²) in [5, 5.41) is 0. The smallest absolute Gasteiger partial charge is 0.147 e. The number of hydrogen-bond donors (Lipinski definition) is 0. The monoisotopic (exact) mass is 356 g/mol. The summed E-state index contributed by atoms with van der Waals surface area (Å²) < 4.78 is 29.8. The van der Waals surface area contributed by atoms with Gasteiger partial charge >= 0.3 is 0 Å². The molecule has 0 amide bonds. The molecule has 0 saturated carbocycles. The Morgan fingerprint density at radius 2 is 1.95 bits per heavy atom. The number of alkyl halides is 1. The number of fused-ring (bicyclic) bond motifs is 1. The van der Waals surface area contributed by atoms with E-state index in [0.29, 0.717) is 16.9 Å². The summed E-state index contributed by atoms with van der Waals surface area (Å²) in [6.45, 7) is 0. The molecule has 0 aliphatic heterocycles. The van der Waals surface area contributed by atoms with Crippen molar-refractivity contribution in [2.45, 2.75) is 5.88 Å². The number of benzene rings is 2. The Balaban J connectivity index is 2.37. The SMILES string of the molecule is Fc1ccc(F)c(-n2c(CCl)nc3cc(Br)ccc32)c1. The van der Waals surface area contributed by atoms with E-state index in [0.717, 1.165) is 22.7 Å². The highest BCUT2D eigenvalue weighted by Crippen LogP contribution is 2.27. The van der Waals surface area contributed by atoms with Gasteiger partial charge in [0.1, 0.15) is 17.5 Å². The van der Waals surface area contributed by atoms with Crippen molar-refractivity contribution in [1.82, 2.24) is 9.55 Å². The second kappa shape index (κ2) is 5.14. The van der Waals surface area contributed by atoms with Crippen molar-refractivity contribution in [3.05, 3.63) is 58.3 Å². The number of imidazole rings is 1. The molecule has 102 valence electrons. The number of halogens is 4. The van der Waals surface area contributed by atoms with Crippen molar-refractivity contribution in [1.29, 1.82) is 0 Å². The van der Waals surface area contributed by atoms with E-state index in [-0.39, 0.29) is 11.6 Å². The third kappa shape index (κ3) is 2.21. The van der Waals surface area contributed by atoms with Crippen LogP contribution in [0.3, 0.4) is 0 Å². The Kier molecular flexibility index (Phi) is 3.48. The van der Waals surface area contributed by atoms with E-state index in [1.807, 2.05) is 6.07 Å². The van der Waals surface area contributed by atoms with E-state index < -0.39 is 11.6 Å². The molecule has 0 radical (unpaired) electrons. The van der Waals surface area contributed by atoms with E-state index in [2.05, 4.69) is 20.9 Å². The van der Waals surface area contributed by atoms with Gasteiger partial charge in [0.15, 0.2) is 0 Å². The molecule has 0 aliphatic rings. The Morgan fingerprint density at radius 1 is 1.15 bits per heavy atom. The Hall–Kier alpha value is -1.46. The van der Waals surface area contributed by atoms with Crippen LogP contribution in [0, 0.1) is 11.6 Å². The topological polar surface area (TPSA) is 17.8 Å². The molecule has 0 N–H and O–H groups in total. The molecular formula is C14H8BrClF2N2. The zero-order chi connectivity index (χ0) is 14.3. The molecule has 0 bridgehead atoms. The van der Waals surface area contributed by atoms with Gasteiger partial charge in [0.05, 0.1) is 22.6 Å². The average molecular weight is 358 g/mol. The predicted octanol–water partition coefficient (Wildman–Crippen LogP) is 4.81. The molecule has 0 saturated heterocycles. The zero-order valence-electron chi connectivity index (χ0n) is 10.1. The first-order chi connectivity index (χ1) is 9.60. The molecule has 3 aromatic rings. The van der Waals surface area contributed by atoms with Gasteiger partial charge in [-0.1, -0.05) is 15.9 Å². The minimum absolute atomic E-state index is 0.0995. The molecule has 2 nitrogen and oxygen atoms in total. The molecule has 3 rings (SSSR count). The van der Waals surface area contributed by atoms with E-state index in [4.69, 9.17) is 11.6 Å². The van der Waals surface area contributed by atoms with Crippen LogP contribution in [0.5, 0.6) is 0 Å². The summed E-state index contributed by atoms with van der Waals surface area (Å²) in [5.41, 5.74) is 1.44.